The van der Waals surface area contributed by atoms with E-state index in [0.717, 1.165) is 18.4 Å². The van der Waals surface area contributed by atoms with E-state index < -0.39 is 0 Å². The maximum Gasteiger partial charge on any atom is 0.169 e. The second kappa shape index (κ2) is 9.05. The standard InChI is InChI=1S/C28H25NO2/c1-19-6-10-23(11-7-19)25-5-3-4-21(16-25)8-9-22-14-15-29-27-13-12-24(20(2)30)18-26(27)28(31)17-22/h3-7,10-16,18H,8-9,17H2,1-2H3/b22-14-,29-15?. The predicted octanol–water partition coefficient (Wildman–Crippen LogP) is 6.71. The predicted molar refractivity (Wildman–Crippen MR) is 127 cm³/mol. The van der Waals surface area contributed by atoms with Crippen LogP contribution in [0.3, 0.4) is 0 Å². The number of carbonyl (C=O) groups excluding carboxylic acids is 2. The van der Waals surface area contributed by atoms with Crippen molar-refractivity contribution in [2.45, 2.75) is 33.1 Å². The lowest BCUT2D eigenvalue weighted by Gasteiger charge is -2.12. The van der Waals surface area contributed by atoms with Crippen LogP contribution in [0.4, 0.5) is 5.69 Å². The molecule has 0 aromatic heterocycles. The fourth-order valence-electron chi connectivity index (χ4n) is 3.80. The first-order valence-corrected chi connectivity index (χ1v) is 10.6. The molecule has 0 atom stereocenters. The Morgan fingerprint density at radius 3 is 2.52 bits per heavy atom. The molecular weight excluding hydrogens is 382 g/mol. The second-order valence-electron chi connectivity index (χ2n) is 8.06. The van der Waals surface area contributed by atoms with E-state index in [1.807, 2.05) is 6.08 Å². The molecule has 3 nitrogen and oxygen atoms in total. The number of hydrogen-bond acceptors (Lipinski definition) is 3. The Hall–Kier alpha value is -3.59. The van der Waals surface area contributed by atoms with Gasteiger partial charge in [0, 0.05) is 23.8 Å². The molecule has 4 rings (SSSR count). The molecule has 0 spiro atoms. The van der Waals surface area contributed by atoms with Crippen molar-refractivity contribution >= 4 is 23.5 Å². The Balaban J connectivity index is 1.49. The summed E-state index contributed by atoms with van der Waals surface area (Å²) in [7, 11) is 0. The van der Waals surface area contributed by atoms with E-state index in [4.69, 9.17) is 0 Å². The van der Waals surface area contributed by atoms with Crippen LogP contribution in [0.1, 0.15) is 51.6 Å². The van der Waals surface area contributed by atoms with Gasteiger partial charge in [-0.25, -0.2) is 0 Å². The van der Waals surface area contributed by atoms with Crippen LogP contribution in [0.5, 0.6) is 0 Å². The van der Waals surface area contributed by atoms with Crippen LogP contribution in [0.2, 0.25) is 0 Å². The first-order chi connectivity index (χ1) is 15.0. The van der Waals surface area contributed by atoms with Gasteiger partial charge in [-0.3, -0.25) is 14.6 Å². The highest BCUT2D eigenvalue weighted by Gasteiger charge is 2.16. The van der Waals surface area contributed by atoms with Crippen molar-refractivity contribution < 1.29 is 9.59 Å². The van der Waals surface area contributed by atoms with Gasteiger partial charge >= 0.3 is 0 Å². The number of allylic oxidation sites excluding steroid dienone is 2. The minimum atomic E-state index is -0.0501. The largest absolute Gasteiger partial charge is 0.295 e. The summed E-state index contributed by atoms with van der Waals surface area (Å²) in [6, 6.07) is 22.3. The van der Waals surface area contributed by atoms with Gasteiger partial charge in [0.1, 0.15) is 0 Å². The zero-order chi connectivity index (χ0) is 21.8. The Morgan fingerprint density at radius 2 is 1.74 bits per heavy atom. The van der Waals surface area contributed by atoms with Gasteiger partial charge in [0.25, 0.3) is 0 Å². The summed E-state index contributed by atoms with van der Waals surface area (Å²) >= 11 is 0. The van der Waals surface area contributed by atoms with Gasteiger partial charge in [-0.1, -0.05) is 59.7 Å². The van der Waals surface area contributed by atoms with Crippen molar-refractivity contribution in [3.8, 4) is 11.1 Å². The van der Waals surface area contributed by atoms with Gasteiger partial charge in [-0.15, -0.1) is 0 Å². The van der Waals surface area contributed by atoms with E-state index in [2.05, 4.69) is 60.4 Å². The minimum Gasteiger partial charge on any atom is -0.295 e. The SMILES string of the molecule is CC(=O)c1ccc2c(c1)C(=O)C/C(CCc1cccc(-c3ccc(C)cc3)c1)=C\C=N2. The van der Waals surface area contributed by atoms with E-state index in [1.165, 1.54) is 29.2 Å². The van der Waals surface area contributed by atoms with Gasteiger partial charge < -0.3 is 0 Å². The minimum absolute atomic E-state index is 0.00889. The summed E-state index contributed by atoms with van der Waals surface area (Å²) in [5, 5.41) is 0. The van der Waals surface area contributed by atoms with Crippen molar-refractivity contribution in [2.24, 2.45) is 4.99 Å². The number of aliphatic imine (C=N–C) groups is 1. The number of aryl methyl sites for hydroxylation is 2. The molecule has 0 N–H and O–H groups in total. The van der Waals surface area contributed by atoms with Crippen LogP contribution >= 0.6 is 0 Å². The smallest absolute Gasteiger partial charge is 0.169 e. The van der Waals surface area contributed by atoms with Gasteiger partial charge in [0.15, 0.2) is 11.6 Å². The highest BCUT2D eigenvalue weighted by atomic mass is 16.1. The third kappa shape index (κ3) is 4.95. The first-order valence-electron chi connectivity index (χ1n) is 10.6. The summed E-state index contributed by atoms with van der Waals surface area (Å²) in [4.78, 5) is 29.0. The van der Waals surface area contributed by atoms with Gasteiger partial charge in [-0.05, 0) is 67.7 Å². The van der Waals surface area contributed by atoms with Gasteiger partial charge in [0.2, 0.25) is 0 Å². The number of ketones is 2. The molecule has 154 valence electrons. The molecule has 1 heterocycles. The summed E-state index contributed by atoms with van der Waals surface area (Å²) in [5.74, 6) is -0.0412. The lowest BCUT2D eigenvalue weighted by molar-refractivity contribution is 0.0992. The topological polar surface area (TPSA) is 46.5 Å². The number of nitrogens with zero attached hydrogens (tertiary/aromatic N) is 1. The highest BCUT2D eigenvalue weighted by molar-refractivity contribution is 6.06. The number of benzene rings is 3. The van der Waals surface area contributed by atoms with Crippen LogP contribution in [0, 0.1) is 6.92 Å². The second-order valence-corrected chi connectivity index (χ2v) is 8.06. The number of carbonyl (C=O) groups is 2. The molecule has 0 aliphatic carbocycles. The number of fused-ring (bicyclic) bond motifs is 1. The van der Waals surface area contributed by atoms with Crippen molar-refractivity contribution in [1.29, 1.82) is 0 Å². The fraction of sp³-hybridized carbons (Fsp3) is 0.179. The summed E-state index contributed by atoms with van der Waals surface area (Å²) in [5.41, 5.74) is 7.64. The van der Waals surface area contributed by atoms with Crippen LogP contribution < -0.4 is 0 Å². The molecule has 0 saturated carbocycles. The molecule has 0 fully saturated rings. The third-order valence-corrected chi connectivity index (χ3v) is 5.66. The van der Waals surface area contributed by atoms with Crippen LogP contribution in [-0.2, 0) is 6.42 Å². The van der Waals surface area contributed by atoms with Gasteiger partial charge in [-0.2, -0.15) is 0 Å². The fourth-order valence-corrected chi connectivity index (χ4v) is 3.80. The van der Waals surface area contributed by atoms with E-state index in [0.29, 0.717) is 23.2 Å². The average Bonchev–Trinajstić information content (AvgIpc) is 2.76. The van der Waals surface area contributed by atoms with Crippen molar-refractivity contribution in [2.75, 3.05) is 0 Å². The lowest BCUT2D eigenvalue weighted by Crippen LogP contribution is -2.06. The van der Waals surface area contributed by atoms with E-state index in [9.17, 15) is 9.59 Å². The Morgan fingerprint density at radius 1 is 0.935 bits per heavy atom. The first kappa shape index (κ1) is 20.7. The molecule has 3 aromatic rings. The van der Waals surface area contributed by atoms with Crippen LogP contribution in [0.25, 0.3) is 11.1 Å². The molecule has 0 saturated heterocycles. The number of Topliss-reactive ketones (excluding diaryl/α,β-unsaturated/α-hetero) is 2. The quantitative estimate of drug-likeness (QED) is 0.441. The van der Waals surface area contributed by atoms with E-state index in [-0.39, 0.29) is 11.6 Å². The molecule has 3 heteroatoms. The maximum atomic E-state index is 12.9. The number of hydrogen-bond donors (Lipinski definition) is 0. The summed E-state index contributed by atoms with van der Waals surface area (Å²) < 4.78 is 0. The summed E-state index contributed by atoms with van der Waals surface area (Å²) in [6.07, 6.45) is 5.70. The normalized spacial score (nSPS) is 14.9. The lowest BCUT2D eigenvalue weighted by atomic mass is 9.93. The summed E-state index contributed by atoms with van der Waals surface area (Å²) in [6.45, 7) is 3.60. The molecule has 0 radical (unpaired) electrons. The Bertz CT molecular complexity index is 1200. The van der Waals surface area contributed by atoms with Crippen LogP contribution in [0.15, 0.2) is 83.4 Å². The molecular formula is C28H25NO2. The molecule has 0 amide bonds. The molecule has 3 aromatic carbocycles. The molecule has 0 bridgehead atoms. The molecule has 1 aliphatic heterocycles. The van der Waals surface area contributed by atoms with E-state index >= 15 is 0 Å². The number of rotatable bonds is 5. The average molecular weight is 408 g/mol. The van der Waals surface area contributed by atoms with E-state index in [1.54, 1.807) is 24.4 Å². The monoisotopic (exact) mass is 407 g/mol. The zero-order valence-corrected chi connectivity index (χ0v) is 17.9. The Kier molecular flexibility index (Phi) is 6.03. The molecule has 1 aliphatic rings. The Labute approximate surface area is 183 Å². The zero-order valence-electron chi connectivity index (χ0n) is 17.9. The molecule has 0 unspecified atom stereocenters. The maximum absolute atomic E-state index is 12.9. The van der Waals surface area contributed by atoms with Gasteiger partial charge in [0.05, 0.1) is 5.69 Å². The van der Waals surface area contributed by atoms with Crippen LogP contribution in [-0.4, -0.2) is 17.8 Å². The molecule has 31 heavy (non-hydrogen) atoms. The van der Waals surface area contributed by atoms with Crippen molar-refractivity contribution in [3.05, 3.63) is 101 Å². The van der Waals surface area contributed by atoms with Crippen molar-refractivity contribution in [3.63, 3.8) is 0 Å². The van der Waals surface area contributed by atoms with Crippen molar-refractivity contribution in [1.82, 2.24) is 0 Å². The third-order valence-electron chi connectivity index (χ3n) is 5.66. The highest BCUT2D eigenvalue weighted by Crippen LogP contribution is 2.27.